The summed E-state index contributed by atoms with van der Waals surface area (Å²) in [5.41, 5.74) is 0. The van der Waals surface area contributed by atoms with Crippen molar-refractivity contribution in [1.29, 1.82) is 0 Å². The van der Waals surface area contributed by atoms with E-state index in [1.54, 1.807) is 0 Å². The summed E-state index contributed by atoms with van der Waals surface area (Å²) in [5.74, 6) is -5.55. The Morgan fingerprint density at radius 3 is 2.17 bits per heavy atom. The second kappa shape index (κ2) is 6.56. The van der Waals surface area contributed by atoms with Gasteiger partial charge in [-0.1, -0.05) is 19.3 Å². The number of nitrogens with zero attached hydrogens (tertiary/aromatic N) is 2. The highest BCUT2D eigenvalue weighted by Gasteiger charge is 2.55. The van der Waals surface area contributed by atoms with E-state index in [0.717, 1.165) is 23.6 Å². The first-order chi connectivity index (χ1) is 10.5. The molecule has 0 aromatic rings. The Kier molecular flexibility index (Phi) is 5.27. The van der Waals surface area contributed by atoms with Crippen LogP contribution in [0.5, 0.6) is 0 Å². The first-order valence-corrected chi connectivity index (χ1v) is 8.97. The minimum atomic E-state index is -4.74. The summed E-state index contributed by atoms with van der Waals surface area (Å²) in [7, 11) is -2.73. The van der Waals surface area contributed by atoms with Crippen molar-refractivity contribution >= 4 is 16.2 Å². The normalized spacial score (nSPS) is 28.4. The number of aliphatic carboxylic acids is 1. The quantitative estimate of drug-likeness (QED) is 0.830. The Labute approximate surface area is 133 Å². The van der Waals surface area contributed by atoms with Gasteiger partial charge >= 0.3 is 12.1 Å². The topological polar surface area (TPSA) is 77.9 Å². The third-order valence-corrected chi connectivity index (χ3v) is 6.78. The van der Waals surface area contributed by atoms with E-state index >= 15 is 0 Å². The maximum atomic E-state index is 13.0. The molecule has 1 aliphatic carbocycles. The molecule has 0 unspecified atom stereocenters. The first-order valence-electron chi connectivity index (χ1n) is 7.57. The molecule has 1 saturated heterocycles. The molecular weight excluding hydrogens is 337 g/mol. The van der Waals surface area contributed by atoms with Gasteiger partial charge in [0, 0.05) is 26.2 Å². The fraction of sp³-hybridized carbons (Fsp3) is 0.923. The number of alkyl halides is 3. The number of carboxylic acid groups (broad SMARTS) is 1. The smallest absolute Gasteiger partial charge is 0.393 e. The Balaban J connectivity index is 2.18. The third-order valence-electron chi connectivity index (χ3n) is 4.80. The molecule has 6 nitrogen and oxygen atoms in total. The average molecular weight is 358 g/mol. The molecule has 2 aliphatic rings. The SMILES string of the molecule is CN(C1CCCCC1)S(=O)(=O)N1C[C@@H](C(F)(F)F)[C@H](C(=O)O)C1. The van der Waals surface area contributed by atoms with Crippen LogP contribution >= 0.6 is 0 Å². The zero-order chi connectivity index (χ0) is 17.4. The zero-order valence-electron chi connectivity index (χ0n) is 12.8. The van der Waals surface area contributed by atoms with Crippen LogP contribution in [0.3, 0.4) is 0 Å². The molecule has 1 aliphatic heterocycles. The van der Waals surface area contributed by atoms with Crippen LogP contribution in [0.1, 0.15) is 32.1 Å². The van der Waals surface area contributed by atoms with Crippen LogP contribution in [0.25, 0.3) is 0 Å². The third kappa shape index (κ3) is 3.80. The highest BCUT2D eigenvalue weighted by atomic mass is 32.2. The molecule has 1 heterocycles. The summed E-state index contributed by atoms with van der Waals surface area (Å²) < 4.78 is 65.9. The predicted octanol–water partition coefficient (Wildman–Crippen LogP) is 1.69. The summed E-state index contributed by atoms with van der Waals surface area (Å²) >= 11 is 0. The van der Waals surface area contributed by atoms with Crippen LogP contribution in [0.2, 0.25) is 0 Å². The predicted molar refractivity (Wildman–Crippen MR) is 75.8 cm³/mol. The van der Waals surface area contributed by atoms with E-state index in [4.69, 9.17) is 5.11 Å². The Morgan fingerprint density at radius 2 is 1.74 bits per heavy atom. The molecule has 0 radical (unpaired) electrons. The molecule has 0 aromatic carbocycles. The number of rotatable bonds is 4. The van der Waals surface area contributed by atoms with Gasteiger partial charge in [0.05, 0.1) is 11.8 Å². The molecule has 23 heavy (non-hydrogen) atoms. The van der Waals surface area contributed by atoms with Crippen LogP contribution in [0.15, 0.2) is 0 Å². The molecule has 0 amide bonds. The van der Waals surface area contributed by atoms with Gasteiger partial charge in [-0.05, 0) is 12.8 Å². The maximum Gasteiger partial charge on any atom is 0.393 e. The molecule has 2 atom stereocenters. The van der Waals surface area contributed by atoms with Gasteiger partial charge in [-0.15, -0.1) is 0 Å². The Bertz CT molecular complexity index is 546. The molecular formula is C13H21F3N2O4S. The molecule has 2 rings (SSSR count). The van der Waals surface area contributed by atoms with Gasteiger partial charge in [0.15, 0.2) is 0 Å². The lowest BCUT2D eigenvalue weighted by Gasteiger charge is -2.33. The van der Waals surface area contributed by atoms with E-state index in [-0.39, 0.29) is 6.04 Å². The molecule has 0 bridgehead atoms. The van der Waals surface area contributed by atoms with Crippen molar-refractivity contribution in [2.75, 3.05) is 20.1 Å². The van der Waals surface area contributed by atoms with Gasteiger partial charge < -0.3 is 5.11 Å². The van der Waals surface area contributed by atoms with Crippen LogP contribution in [0.4, 0.5) is 13.2 Å². The van der Waals surface area contributed by atoms with Crippen molar-refractivity contribution in [1.82, 2.24) is 8.61 Å². The van der Waals surface area contributed by atoms with E-state index in [9.17, 15) is 26.4 Å². The van der Waals surface area contributed by atoms with Gasteiger partial charge in [0.2, 0.25) is 0 Å². The van der Waals surface area contributed by atoms with Crippen LogP contribution in [0, 0.1) is 11.8 Å². The van der Waals surface area contributed by atoms with Crippen molar-refractivity contribution in [2.24, 2.45) is 11.8 Å². The highest BCUT2D eigenvalue weighted by molar-refractivity contribution is 7.86. The summed E-state index contributed by atoms with van der Waals surface area (Å²) in [6.07, 6.45) is -0.605. The summed E-state index contributed by atoms with van der Waals surface area (Å²) in [6, 6.07) is -0.234. The van der Waals surface area contributed by atoms with Crippen molar-refractivity contribution in [3.8, 4) is 0 Å². The Hall–Kier alpha value is -0.870. The molecule has 1 N–H and O–H groups in total. The van der Waals surface area contributed by atoms with Gasteiger partial charge in [0.1, 0.15) is 0 Å². The maximum absolute atomic E-state index is 13.0. The van der Waals surface area contributed by atoms with E-state index < -0.39 is 47.3 Å². The largest absolute Gasteiger partial charge is 0.481 e. The van der Waals surface area contributed by atoms with E-state index in [1.165, 1.54) is 7.05 Å². The lowest BCUT2D eigenvalue weighted by atomic mass is 9.96. The lowest BCUT2D eigenvalue weighted by molar-refractivity contribution is -0.187. The average Bonchev–Trinajstić information content (AvgIpc) is 2.93. The summed E-state index contributed by atoms with van der Waals surface area (Å²) in [4.78, 5) is 11.1. The molecule has 1 saturated carbocycles. The summed E-state index contributed by atoms with van der Waals surface area (Å²) in [5, 5.41) is 8.98. The number of hydrogen-bond donors (Lipinski definition) is 1. The lowest BCUT2D eigenvalue weighted by Crippen LogP contribution is -2.46. The van der Waals surface area contributed by atoms with E-state index in [2.05, 4.69) is 0 Å². The zero-order valence-corrected chi connectivity index (χ0v) is 13.6. The van der Waals surface area contributed by atoms with Crippen LogP contribution < -0.4 is 0 Å². The molecule has 2 fully saturated rings. The first kappa shape index (κ1) is 18.5. The van der Waals surface area contributed by atoms with Gasteiger partial charge in [-0.3, -0.25) is 4.79 Å². The van der Waals surface area contributed by atoms with Crippen LogP contribution in [-0.4, -0.2) is 60.5 Å². The fourth-order valence-corrected chi connectivity index (χ4v) is 5.00. The van der Waals surface area contributed by atoms with Gasteiger partial charge in [-0.25, -0.2) is 0 Å². The van der Waals surface area contributed by atoms with Crippen molar-refractivity contribution in [2.45, 2.75) is 44.3 Å². The van der Waals surface area contributed by atoms with E-state index in [1.807, 2.05) is 0 Å². The number of carboxylic acids is 1. The van der Waals surface area contributed by atoms with Crippen molar-refractivity contribution < 1.29 is 31.5 Å². The fourth-order valence-electron chi connectivity index (χ4n) is 3.35. The minimum Gasteiger partial charge on any atom is -0.481 e. The Morgan fingerprint density at radius 1 is 1.17 bits per heavy atom. The minimum absolute atomic E-state index is 0.234. The summed E-state index contributed by atoms with van der Waals surface area (Å²) in [6.45, 7) is -1.47. The van der Waals surface area contributed by atoms with Gasteiger partial charge in [-0.2, -0.15) is 30.2 Å². The van der Waals surface area contributed by atoms with Crippen molar-refractivity contribution in [3.05, 3.63) is 0 Å². The second-order valence-corrected chi connectivity index (χ2v) is 8.21. The number of halogens is 3. The van der Waals surface area contributed by atoms with Crippen molar-refractivity contribution in [3.63, 3.8) is 0 Å². The van der Waals surface area contributed by atoms with Gasteiger partial charge in [0.25, 0.3) is 10.2 Å². The standard InChI is InChI=1S/C13H21F3N2O4S/c1-17(9-5-3-2-4-6-9)23(21,22)18-7-10(12(19)20)11(8-18)13(14,15)16/h9-11H,2-8H2,1H3,(H,19,20)/t10-,11-/m1/s1. The molecule has 0 spiro atoms. The second-order valence-electron chi connectivity index (χ2n) is 6.23. The van der Waals surface area contributed by atoms with Crippen LogP contribution in [-0.2, 0) is 15.0 Å². The van der Waals surface area contributed by atoms with E-state index in [0.29, 0.717) is 17.1 Å². The monoisotopic (exact) mass is 358 g/mol. The molecule has 0 aromatic heterocycles. The number of hydrogen-bond acceptors (Lipinski definition) is 3. The highest BCUT2D eigenvalue weighted by Crippen LogP contribution is 2.39. The number of carbonyl (C=O) groups is 1. The molecule has 134 valence electrons. The molecule has 10 heteroatoms.